The van der Waals surface area contributed by atoms with Crippen LogP contribution in [0.15, 0.2) is 54.6 Å². The molecule has 2 aromatic carbocycles. The van der Waals surface area contributed by atoms with Gasteiger partial charge in [0.1, 0.15) is 0 Å². The molecule has 0 saturated heterocycles. The fourth-order valence-corrected chi connectivity index (χ4v) is 1.69. The van der Waals surface area contributed by atoms with Crippen LogP contribution in [0.25, 0.3) is 0 Å². The normalized spacial score (nSPS) is 12.3. The number of rotatable bonds is 2. The van der Waals surface area contributed by atoms with Crippen molar-refractivity contribution >= 4 is 0 Å². The quantitative estimate of drug-likeness (QED) is 0.694. The van der Waals surface area contributed by atoms with Crippen LogP contribution < -0.4 is 0 Å². The van der Waals surface area contributed by atoms with Crippen LogP contribution in [-0.4, -0.2) is 0 Å². The summed E-state index contributed by atoms with van der Waals surface area (Å²) in [5.41, 5.74) is 2.46. The molecule has 1 nitrogen and oxygen atoms in total. The summed E-state index contributed by atoms with van der Waals surface area (Å²) in [7, 11) is 0. The SMILES string of the molecule is CC(c1ccccc1)c1ccc([O])cc1. The Morgan fingerprint density at radius 2 is 1.33 bits per heavy atom. The van der Waals surface area contributed by atoms with Gasteiger partial charge in [0.25, 0.3) is 0 Å². The Hall–Kier alpha value is -1.76. The fourth-order valence-electron chi connectivity index (χ4n) is 1.69. The van der Waals surface area contributed by atoms with Crippen LogP contribution in [0.1, 0.15) is 24.0 Å². The second kappa shape index (κ2) is 4.18. The van der Waals surface area contributed by atoms with Gasteiger partial charge >= 0.3 is 0 Å². The van der Waals surface area contributed by atoms with Gasteiger partial charge in [-0.3, -0.25) is 5.11 Å². The maximum Gasteiger partial charge on any atom is 0.178 e. The van der Waals surface area contributed by atoms with E-state index in [4.69, 9.17) is 0 Å². The average molecular weight is 197 g/mol. The Kier molecular flexibility index (Phi) is 2.72. The lowest BCUT2D eigenvalue weighted by molar-refractivity contribution is 0.354. The van der Waals surface area contributed by atoms with Crippen LogP contribution in [-0.2, 0) is 5.11 Å². The minimum Gasteiger partial charge on any atom is -0.290 e. The Morgan fingerprint density at radius 1 is 0.800 bits per heavy atom. The van der Waals surface area contributed by atoms with Gasteiger partial charge in [0, 0.05) is 5.92 Å². The van der Waals surface area contributed by atoms with Gasteiger partial charge in [-0.15, -0.1) is 0 Å². The third-order valence-corrected chi connectivity index (χ3v) is 2.68. The molecule has 0 aromatic heterocycles. The summed E-state index contributed by atoms with van der Waals surface area (Å²) in [5.74, 6) is 0.408. The third kappa shape index (κ3) is 2.18. The molecule has 0 heterocycles. The molecule has 0 fully saturated rings. The highest BCUT2D eigenvalue weighted by molar-refractivity contribution is 5.34. The molecule has 0 aliphatic carbocycles. The third-order valence-electron chi connectivity index (χ3n) is 2.68. The van der Waals surface area contributed by atoms with Crippen molar-refractivity contribution in [2.24, 2.45) is 0 Å². The molecular formula is C14H13O. The first-order valence-corrected chi connectivity index (χ1v) is 5.09. The van der Waals surface area contributed by atoms with E-state index in [1.165, 1.54) is 11.1 Å². The zero-order chi connectivity index (χ0) is 10.7. The summed E-state index contributed by atoms with van der Waals surface area (Å²) >= 11 is 0. The maximum atomic E-state index is 11.0. The zero-order valence-electron chi connectivity index (χ0n) is 8.68. The van der Waals surface area contributed by atoms with E-state index in [-0.39, 0.29) is 5.75 Å². The van der Waals surface area contributed by atoms with E-state index in [1.54, 1.807) is 12.1 Å². The van der Waals surface area contributed by atoms with Crippen LogP contribution >= 0.6 is 0 Å². The predicted octanol–water partition coefficient (Wildman–Crippen LogP) is 3.98. The highest BCUT2D eigenvalue weighted by Crippen LogP contribution is 2.25. The molecule has 75 valence electrons. The first kappa shape index (κ1) is 9.78. The van der Waals surface area contributed by atoms with E-state index >= 15 is 0 Å². The first-order chi connectivity index (χ1) is 7.27. The standard InChI is InChI=1S/C14H13O/c1-11(12-5-3-2-4-6-12)13-7-9-14(15)10-8-13/h2-11H,1H3. The lowest BCUT2D eigenvalue weighted by Crippen LogP contribution is -1.94. The highest BCUT2D eigenvalue weighted by Gasteiger charge is 2.07. The number of hydrogen-bond donors (Lipinski definition) is 0. The van der Waals surface area contributed by atoms with Gasteiger partial charge in [0.05, 0.1) is 0 Å². The van der Waals surface area contributed by atoms with Crippen molar-refractivity contribution in [1.82, 2.24) is 0 Å². The molecule has 0 amide bonds. The van der Waals surface area contributed by atoms with Gasteiger partial charge in [-0.2, -0.15) is 0 Å². The molecule has 0 N–H and O–H groups in total. The molecular weight excluding hydrogens is 184 g/mol. The topological polar surface area (TPSA) is 19.9 Å². The van der Waals surface area contributed by atoms with Crippen molar-refractivity contribution in [2.45, 2.75) is 12.8 Å². The first-order valence-electron chi connectivity index (χ1n) is 5.09. The van der Waals surface area contributed by atoms with Crippen molar-refractivity contribution in [3.05, 3.63) is 65.7 Å². The number of benzene rings is 2. The van der Waals surface area contributed by atoms with Crippen LogP contribution in [0, 0.1) is 0 Å². The van der Waals surface area contributed by atoms with Gasteiger partial charge in [0.2, 0.25) is 0 Å². The molecule has 2 aromatic rings. The Morgan fingerprint density at radius 3 is 1.93 bits per heavy atom. The van der Waals surface area contributed by atoms with Crippen LogP contribution in [0.3, 0.4) is 0 Å². The fraction of sp³-hybridized carbons (Fsp3) is 0.143. The summed E-state index contributed by atoms with van der Waals surface area (Å²) in [6, 6.07) is 17.3. The van der Waals surface area contributed by atoms with E-state index in [1.807, 2.05) is 30.3 Å². The molecule has 1 heteroatoms. The van der Waals surface area contributed by atoms with E-state index < -0.39 is 0 Å². The largest absolute Gasteiger partial charge is 0.290 e. The molecule has 0 aliphatic rings. The average Bonchev–Trinajstić information content (AvgIpc) is 2.30. The Labute approximate surface area is 90.0 Å². The maximum absolute atomic E-state index is 11.0. The molecule has 15 heavy (non-hydrogen) atoms. The molecule has 1 radical (unpaired) electrons. The van der Waals surface area contributed by atoms with Gasteiger partial charge in [-0.05, 0) is 23.3 Å². The lowest BCUT2D eigenvalue weighted by Gasteiger charge is -2.11. The van der Waals surface area contributed by atoms with Gasteiger partial charge < -0.3 is 0 Å². The second-order valence-corrected chi connectivity index (χ2v) is 3.70. The van der Waals surface area contributed by atoms with Gasteiger partial charge in [-0.1, -0.05) is 49.4 Å². The summed E-state index contributed by atoms with van der Waals surface area (Å²) in [5, 5.41) is 11.0. The van der Waals surface area contributed by atoms with Crippen molar-refractivity contribution in [3.8, 4) is 5.75 Å². The molecule has 2 rings (SSSR count). The summed E-state index contributed by atoms with van der Waals surface area (Å²) in [4.78, 5) is 0. The minimum atomic E-state index is 0.0685. The number of hydrogen-bond acceptors (Lipinski definition) is 0. The highest BCUT2D eigenvalue weighted by atomic mass is 16.3. The van der Waals surface area contributed by atoms with Crippen LogP contribution in [0.4, 0.5) is 0 Å². The van der Waals surface area contributed by atoms with Gasteiger partial charge in [0.15, 0.2) is 5.75 Å². The van der Waals surface area contributed by atoms with Crippen LogP contribution in [0.5, 0.6) is 5.75 Å². The Balaban J connectivity index is 2.29. The van der Waals surface area contributed by atoms with E-state index in [0.29, 0.717) is 5.92 Å². The molecule has 0 saturated carbocycles. The summed E-state index contributed by atoms with van der Waals surface area (Å²) < 4.78 is 0. The van der Waals surface area contributed by atoms with Crippen molar-refractivity contribution in [3.63, 3.8) is 0 Å². The lowest BCUT2D eigenvalue weighted by atomic mass is 9.93. The van der Waals surface area contributed by atoms with Crippen molar-refractivity contribution in [1.29, 1.82) is 0 Å². The summed E-state index contributed by atoms with van der Waals surface area (Å²) in [6.45, 7) is 2.15. The molecule has 0 spiro atoms. The van der Waals surface area contributed by atoms with Gasteiger partial charge in [-0.25, -0.2) is 0 Å². The second-order valence-electron chi connectivity index (χ2n) is 3.70. The molecule has 1 atom stereocenters. The monoisotopic (exact) mass is 197 g/mol. The van der Waals surface area contributed by atoms with E-state index in [0.717, 1.165) is 0 Å². The van der Waals surface area contributed by atoms with Crippen LogP contribution in [0.2, 0.25) is 0 Å². The molecule has 1 unspecified atom stereocenters. The van der Waals surface area contributed by atoms with E-state index in [2.05, 4.69) is 19.1 Å². The van der Waals surface area contributed by atoms with Crippen molar-refractivity contribution < 1.29 is 5.11 Å². The predicted molar refractivity (Wildman–Crippen MR) is 60.5 cm³/mol. The Bertz CT molecular complexity index is 417. The van der Waals surface area contributed by atoms with E-state index in [9.17, 15) is 5.11 Å². The zero-order valence-corrected chi connectivity index (χ0v) is 8.68. The smallest absolute Gasteiger partial charge is 0.178 e. The van der Waals surface area contributed by atoms with Crippen molar-refractivity contribution in [2.75, 3.05) is 0 Å². The molecule has 0 aliphatic heterocycles. The minimum absolute atomic E-state index is 0.0685. The summed E-state index contributed by atoms with van der Waals surface area (Å²) in [6.07, 6.45) is 0. The molecule has 0 bridgehead atoms.